The maximum absolute atomic E-state index is 11.9. The molecule has 2 aromatic carbocycles. The van der Waals surface area contributed by atoms with Gasteiger partial charge in [-0.3, -0.25) is 0 Å². The van der Waals surface area contributed by atoms with Crippen LogP contribution in [0.15, 0.2) is 48.5 Å². The third-order valence-electron chi connectivity index (χ3n) is 3.38. The summed E-state index contributed by atoms with van der Waals surface area (Å²) in [5.41, 5.74) is 2.59. The summed E-state index contributed by atoms with van der Waals surface area (Å²) in [7, 11) is 0. The van der Waals surface area contributed by atoms with Gasteiger partial charge >= 0.3 is 5.97 Å². The summed E-state index contributed by atoms with van der Waals surface area (Å²) in [6.07, 6.45) is 0. The van der Waals surface area contributed by atoms with Gasteiger partial charge in [-0.25, -0.2) is 9.78 Å². The molecule has 1 heterocycles. The lowest BCUT2D eigenvalue weighted by atomic mass is 10.0. The maximum Gasteiger partial charge on any atom is 0.378 e. The van der Waals surface area contributed by atoms with Gasteiger partial charge in [0.05, 0.1) is 6.61 Å². The maximum atomic E-state index is 11.9. The van der Waals surface area contributed by atoms with E-state index < -0.39 is 5.97 Å². The topological polar surface area (TPSA) is 65.0 Å². The molecule has 0 amide bonds. The normalized spacial score (nSPS) is 10.5. The van der Waals surface area contributed by atoms with Gasteiger partial charge in [0, 0.05) is 21.2 Å². The molecule has 0 aliphatic carbocycles. The van der Waals surface area contributed by atoms with Crippen LogP contribution < -0.4 is 0 Å². The average molecular weight is 374 g/mol. The molecule has 0 saturated heterocycles. The van der Waals surface area contributed by atoms with Crippen LogP contribution >= 0.6 is 23.2 Å². The highest BCUT2D eigenvalue weighted by Gasteiger charge is 2.18. The lowest BCUT2D eigenvalue weighted by Gasteiger charge is -2.09. The van der Waals surface area contributed by atoms with Gasteiger partial charge in [-0.1, -0.05) is 47.5 Å². The summed E-state index contributed by atoms with van der Waals surface area (Å²) < 4.78 is 4.96. The monoisotopic (exact) mass is 373 g/mol. The van der Waals surface area contributed by atoms with E-state index in [-0.39, 0.29) is 12.4 Å². The standard InChI is InChI=1S/C18H13Cl2N3O2/c1-2-25-18(24)17-21-15(11-3-7-13(19)8-4-11)16(22-23-17)12-5-9-14(20)10-6-12/h3-10H,2H2,1H3. The highest BCUT2D eigenvalue weighted by molar-refractivity contribution is 6.31. The molecule has 0 atom stereocenters. The molecule has 1 aromatic heterocycles. The van der Waals surface area contributed by atoms with Crippen LogP contribution in [0.5, 0.6) is 0 Å². The molecule has 126 valence electrons. The predicted molar refractivity (Wildman–Crippen MR) is 96.7 cm³/mol. The van der Waals surface area contributed by atoms with Crippen molar-refractivity contribution in [3.05, 3.63) is 64.4 Å². The zero-order chi connectivity index (χ0) is 17.8. The van der Waals surface area contributed by atoms with Gasteiger partial charge in [0.15, 0.2) is 0 Å². The Morgan fingerprint density at radius 2 is 1.40 bits per heavy atom. The van der Waals surface area contributed by atoms with E-state index in [1.54, 1.807) is 43.3 Å². The summed E-state index contributed by atoms with van der Waals surface area (Å²) in [5, 5.41) is 9.31. The van der Waals surface area contributed by atoms with Gasteiger partial charge in [-0.2, -0.15) is 0 Å². The fraction of sp³-hybridized carbons (Fsp3) is 0.111. The number of benzene rings is 2. The summed E-state index contributed by atoms with van der Waals surface area (Å²) in [5.74, 6) is -0.711. The summed E-state index contributed by atoms with van der Waals surface area (Å²) in [4.78, 5) is 16.3. The van der Waals surface area contributed by atoms with Gasteiger partial charge < -0.3 is 4.74 Å². The fourth-order valence-corrected chi connectivity index (χ4v) is 2.47. The van der Waals surface area contributed by atoms with Crippen LogP contribution in [0.4, 0.5) is 0 Å². The largest absolute Gasteiger partial charge is 0.460 e. The molecule has 0 saturated carbocycles. The first-order valence-electron chi connectivity index (χ1n) is 7.52. The van der Waals surface area contributed by atoms with E-state index in [2.05, 4.69) is 15.2 Å². The van der Waals surface area contributed by atoms with Crippen molar-refractivity contribution in [2.24, 2.45) is 0 Å². The third-order valence-corrected chi connectivity index (χ3v) is 3.88. The minimum absolute atomic E-state index is 0.0930. The molecular weight excluding hydrogens is 361 g/mol. The first-order valence-corrected chi connectivity index (χ1v) is 8.28. The van der Waals surface area contributed by atoms with Gasteiger partial charge in [0.25, 0.3) is 5.82 Å². The van der Waals surface area contributed by atoms with Crippen LogP contribution in [0.3, 0.4) is 0 Å². The Kier molecular flexibility index (Phi) is 5.26. The van der Waals surface area contributed by atoms with E-state index in [0.717, 1.165) is 11.1 Å². The molecule has 3 rings (SSSR count). The highest BCUT2D eigenvalue weighted by Crippen LogP contribution is 2.30. The molecule has 0 bridgehead atoms. The van der Waals surface area contributed by atoms with E-state index in [0.29, 0.717) is 21.4 Å². The molecule has 0 aliphatic rings. The number of carbonyl (C=O) groups is 1. The molecule has 0 spiro atoms. The van der Waals surface area contributed by atoms with Crippen LogP contribution in [0.1, 0.15) is 17.5 Å². The van der Waals surface area contributed by atoms with Crippen molar-refractivity contribution in [1.29, 1.82) is 0 Å². The second-order valence-corrected chi connectivity index (χ2v) is 5.94. The SMILES string of the molecule is CCOC(=O)c1nnc(-c2ccc(Cl)cc2)c(-c2ccc(Cl)cc2)n1. The van der Waals surface area contributed by atoms with E-state index in [1.807, 2.05) is 12.1 Å². The van der Waals surface area contributed by atoms with E-state index in [1.165, 1.54) is 0 Å². The van der Waals surface area contributed by atoms with Crippen LogP contribution in [-0.4, -0.2) is 27.8 Å². The highest BCUT2D eigenvalue weighted by atomic mass is 35.5. The molecule has 0 N–H and O–H groups in total. The minimum Gasteiger partial charge on any atom is -0.460 e. The van der Waals surface area contributed by atoms with E-state index in [9.17, 15) is 4.79 Å². The van der Waals surface area contributed by atoms with Gasteiger partial charge in [-0.15, -0.1) is 10.2 Å². The van der Waals surface area contributed by atoms with Crippen molar-refractivity contribution >= 4 is 29.2 Å². The number of rotatable bonds is 4. The van der Waals surface area contributed by atoms with Crippen LogP contribution in [0, 0.1) is 0 Å². The van der Waals surface area contributed by atoms with Crippen LogP contribution in [-0.2, 0) is 4.74 Å². The first-order chi connectivity index (χ1) is 12.1. The minimum atomic E-state index is -0.618. The smallest absolute Gasteiger partial charge is 0.378 e. The number of nitrogens with zero attached hydrogens (tertiary/aromatic N) is 3. The van der Waals surface area contributed by atoms with Gasteiger partial charge in [0.1, 0.15) is 11.4 Å². The Bertz CT molecular complexity index is 897. The lowest BCUT2D eigenvalue weighted by molar-refractivity contribution is 0.0510. The molecule has 7 heteroatoms. The van der Waals surface area contributed by atoms with Crippen molar-refractivity contribution in [2.75, 3.05) is 6.61 Å². The Balaban J connectivity index is 2.15. The zero-order valence-electron chi connectivity index (χ0n) is 13.2. The molecule has 25 heavy (non-hydrogen) atoms. The summed E-state index contributed by atoms with van der Waals surface area (Å²) in [6.45, 7) is 1.95. The predicted octanol–water partition coefficient (Wildman–Crippen LogP) is 4.69. The van der Waals surface area contributed by atoms with Crippen molar-refractivity contribution < 1.29 is 9.53 Å². The molecule has 0 unspecified atom stereocenters. The zero-order valence-corrected chi connectivity index (χ0v) is 14.8. The fourth-order valence-electron chi connectivity index (χ4n) is 2.22. The third kappa shape index (κ3) is 3.95. The van der Waals surface area contributed by atoms with Crippen molar-refractivity contribution in [1.82, 2.24) is 15.2 Å². The number of esters is 1. The van der Waals surface area contributed by atoms with Crippen molar-refractivity contribution in [3.63, 3.8) is 0 Å². The number of hydrogen-bond donors (Lipinski definition) is 0. The Morgan fingerprint density at radius 1 is 0.880 bits per heavy atom. The number of aromatic nitrogens is 3. The molecule has 5 nitrogen and oxygen atoms in total. The van der Waals surface area contributed by atoms with Crippen LogP contribution in [0.2, 0.25) is 10.0 Å². The average Bonchev–Trinajstić information content (AvgIpc) is 2.63. The Morgan fingerprint density at radius 3 is 1.92 bits per heavy atom. The number of halogens is 2. The molecule has 3 aromatic rings. The second-order valence-electron chi connectivity index (χ2n) is 5.07. The summed E-state index contributed by atoms with van der Waals surface area (Å²) >= 11 is 11.9. The van der Waals surface area contributed by atoms with E-state index >= 15 is 0 Å². The van der Waals surface area contributed by atoms with Gasteiger partial charge in [0.2, 0.25) is 0 Å². The molecule has 0 fully saturated rings. The number of hydrogen-bond acceptors (Lipinski definition) is 5. The molecular formula is C18H13Cl2N3O2. The number of carbonyl (C=O) groups excluding carboxylic acids is 1. The van der Waals surface area contributed by atoms with Crippen molar-refractivity contribution in [3.8, 4) is 22.5 Å². The van der Waals surface area contributed by atoms with Crippen molar-refractivity contribution in [2.45, 2.75) is 6.92 Å². The lowest BCUT2D eigenvalue weighted by Crippen LogP contribution is -2.12. The quantitative estimate of drug-likeness (QED) is 0.620. The van der Waals surface area contributed by atoms with Crippen LogP contribution in [0.25, 0.3) is 22.5 Å². The Hall–Kier alpha value is -2.50. The summed E-state index contributed by atoms with van der Waals surface area (Å²) in [6, 6.07) is 14.2. The number of ether oxygens (including phenoxy) is 1. The molecule has 0 radical (unpaired) electrons. The van der Waals surface area contributed by atoms with Gasteiger partial charge in [-0.05, 0) is 31.2 Å². The Labute approximate surface area is 154 Å². The van der Waals surface area contributed by atoms with E-state index in [4.69, 9.17) is 27.9 Å². The second kappa shape index (κ2) is 7.59. The molecule has 0 aliphatic heterocycles. The first kappa shape index (κ1) is 17.3.